The Bertz CT molecular complexity index is 559. The zero-order valence-electron chi connectivity index (χ0n) is 11.8. The van der Waals surface area contributed by atoms with Gasteiger partial charge in [-0.05, 0) is 12.0 Å². The minimum absolute atomic E-state index is 0.208. The molecule has 0 spiro atoms. The molecule has 4 nitrogen and oxygen atoms in total. The molecule has 106 valence electrons. The summed E-state index contributed by atoms with van der Waals surface area (Å²) in [5, 5.41) is 8.93. The van der Waals surface area contributed by atoms with Gasteiger partial charge in [0.05, 0.1) is 11.3 Å². The van der Waals surface area contributed by atoms with Gasteiger partial charge in [-0.1, -0.05) is 44.9 Å². The Balaban J connectivity index is 2.41. The number of nitrogens with zero attached hydrogens (tertiary/aromatic N) is 1. The molecule has 20 heavy (non-hydrogen) atoms. The summed E-state index contributed by atoms with van der Waals surface area (Å²) in [4.78, 5) is 25.1. The predicted molar refractivity (Wildman–Crippen MR) is 78.5 cm³/mol. The van der Waals surface area contributed by atoms with Crippen molar-refractivity contribution in [1.82, 2.24) is 0 Å². The van der Waals surface area contributed by atoms with Gasteiger partial charge in [-0.15, -0.1) is 0 Å². The van der Waals surface area contributed by atoms with Gasteiger partial charge in [0.1, 0.15) is 0 Å². The minimum atomic E-state index is -1.09. The fourth-order valence-corrected chi connectivity index (χ4v) is 2.56. The third-order valence-electron chi connectivity index (χ3n) is 3.82. The van der Waals surface area contributed by atoms with Gasteiger partial charge in [0.25, 0.3) is 5.91 Å². The Hall–Kier alpha value is -2.10. The fourth-order valence-electron chi connectivity index (χ4n) is 2.56. The highest BCUT2D eigenvalue weighted by Gasteiger charge is 2.33. The van der Waals surface area contributed by atoms with Crippen LogP contribution >= 0.6 is 0 Å². The molecule has 2 rings (SSSR count). The number of aliphatic carboxylic acids is 1. The third kappa shape index (κ3) is 2.59. The Morgan fingerprint density at radius 3 is 2.55 bits per heavy atom. The van der Waals surface area contributed by atoms with E-state index >= 15 is 0 Å². The Morgan fingerprint density at radius 1 is 1.30 bits per heavy atom. The second kappa shape index (κ2) is 5.90. The maximum Gasteiger partial charge on any atom is 0.329 e. The summed E-state index contributed by atoms with van der Waals surface area (Å²) in [7, 11) is 0. The van der Waals surface area contributed by atoms with E-state index in [0.717, 1.165) is 24.6 Å². The Kier molecular flexibility index (Phi) is 4.23. The summed E-state index contributed by atoms with van der Waals surface area (Å²) in [5.41, 5.74) is 1.81. The van der Waals surface area contributed by atoms with Gasteiger partial charge in [-0.25, -0.2) is 4.79 Å². The summed E-state index contributed by atoms with van der Waals surface area (Å²) < 4.78 is 0. The van der Waals surface area contributed by atoms with Crippen molar-refractivity contribution < 1.29 is 14.7 Å². The van der Waals surface area contributed by atoms with Crippen molar-refractivity contribution in [2.75, 3.05) is 11.4 Å². The number of hydrogen-bond donors (Lipinski definition) is 1. The van der Waals surface area contributed by atoms with Crippen LogP contribution in [0.2, 0.25) is 0 Å². The van der Waals surface area contributed by atoms with Crippen molar-refractivity contribution in [2.45, 2.75) is 26.7 Å². The standard InChI is InChI=1S/C16H19NO3/c1-3-11(4-2)10-17-14-8-6-5-7-12(14)13(16(17)20)9-15(18)19/h5-9,11H,3-4,10H2,1-2H3,(H,18,19). The molecule has 0 atom stereocenters. The molecule has 0 saturated heterocycles. The van der Waals surface area contributed by atoms with Gasteiger partial charge in [0, 0.05) is 18.2 Å². The molecule has 1 N–H and O–H groups in total. The number of carboxylic acid groups (broad SMARTS) is 1. The summed E-state index contributed by atoms with van der Waals surface area (Å²) in [6.07, 6.45) is 3.01. The van der Waals surface area contributed by atoms with E-state index in [1.165, 1.54) is 0 Å². The molecule has 1 amide bonds. The number of carbonyl (C=O) groups excluding carboxylic acids is 1. The molecule has 4 heteroatoms. The van der Waals surface area contributed by atoms with Crippen molar-refractivity contribution in [3.8, 4) is 0 Å². The summed E-state index contributed by atoms with van der Waals surface area (Å²) >= 11 is 0. The van der Waals surface area contributed by atoms with E-state index in [0.29, 0.717) is 18.0 Å². The molecule has 0 bridgehead atoms. The maximum absolute atomic E-state index is 12.5. The van der Waals surface area contributed by atoms with E-state index in [1.54, 1.807) is 11.0 Å². The van der Waals surface area contributed by atoms with E-state index in [-0.39, 0.29) is 11.5 Å². The number of benzene rings is 1. The van der Waals surface area contributed by atoms with Crippen LogP contribution in [0.4, 0.5) is 5.69 Å². The van der Waals surface area contributed by atoms with E-state index in [1.807, 2.05) is 18.2 Å². The molecular formula is C16H19NO3. The molecule has 1 aliphatic heterocycles. The highest BCUT2D eigenvalue weighted by atomic mass is 16.4. The van der Waals surface area contributed by atoms with Crippen LogP contribution in [0.3, 0.4) is 0 Å². The summed E-state index contributed by atoms with van der Waals surface area (Å²) in [5.74, 6) is -0.871. The van der Waals surface area contributed by atoms with Crippen molar-refractivity contribution in [3.05, 3.63) is 35.9 Å². The number of anilines is 1. The van der Waals surface area contributed by atoms with Crippen molar-refractivity contribution >= 4 is 23.1 Å². The van der Waals surface area contributed by atoms with Gasteiger partial charge in [0.2, 0.25) is 0 Å². The first-order valence-corrected chi connectivity index (χ1v) is 6.94. The van der Waals surface area contributed by atoms with Crippen molar-refractivity contribution in [1.29, 1.82) is 0 Å². The van der Waals surface area contributed by atoms with Crippen LogP contribution in [-0.2, 0) is 9.59 Å². The maximum atomic E-state index is 12.5. The van der Waals surface area contributed by atoms with Gasteiger partial charge in [0.15, 0.2) is 0 Å². The van der Waals surface area contributed by atoms with E-state index in [4.69, 9.17) is 5.11 Å². The smallest absolute Gasteiger partial charge is 0.329 e. The van der Waals surface area contributed by atoms with Crippen LogP contribution in [0.1, 0.15) is 32.3 Å². The largest absolute Gasteiger partial charge is 0.478 e. The van der Waals surface area contributed by atoms with Gasteiger partial charge in [-0.2, -0.15) is 0 Å². The van der Waals surface area contributed by atoms with Crippen LogP contribution in [0, 0.1) is 5.92 Å². The Morgan fingerprint density at radius 2 is 1.95 bits per heavy atom. The second-order valence-electron chi connectivity index (χ2n) is 5.01. The highest BCUT2D eigenvalue weighted by Crippen LogP contribution is 2.37. The van der Waals surface area contributed by atoms with Crippen LogP contribution in [0.25, 0.3) is 5.57 Å². The molecule has 1 heterocycles. The summed E-state index contributed by atoms with van der Waals surface area (Å²) in [6.45, 7) is 4.85. The minimum Gasteiger partial charge on any atom is -0.478 e. The van der Waals surface area contributed by atoms with E-state index in [2.05, 4.69) is 13.8 Å². The van der Waals surface area contributed by atoms with Crippen LogP contribution in [0.5, 0.6) is 0 Å². The lowest BCUT2D eigenvalue weighted by Crippen LogP contribution is -2.31. The lowest BCUT2D eigenvalue weighted by Gasteiger charge is -2.22. The fraction of sp³-hybridized carbons (Fsp3) is 0.375. The number of hydrogen-bond acceptors (Lipinski definition) is 2. The number of amides is 1. The summed E-state index contributed by atoms with van der Waals surface area (Å²) in [6, 6.07) is 7.37. The molecule has 1 aromatic rings. The lowest BCUT2D eigenvalue weighted by molar-refractivity contribution is -0.131. The number of rotatable bonds is 5. The van der Waals surface area contributed by atoms with Crippen LogP contribution in [0.15, 0.2) is 30.3 Å². The molecule has 0 saturated carbocycles. The average molecular weight is 273 g/mol. The monoisotopic (exact) mass is 273 g/mol. The first kappa shape index (κ1) is 14.3. The SMILES string of the molecule is CCC(CC)CN1C(=O)C(=CC(=O)O)c2ccccc21. The molecule has 1 aliphatic rings. The molecule has 0 unspecified atom stereocenters. The molecule has 0 aliphatic carbocycles. The number of para-hydroxylation sites is 1. The van der Waals surface area contributed by atoms with E-state index < -0.39 is 5.97 Å². The van der Waals surface area contributed by atoms with Gasteiger partial charge < -0.3 is 10.0 Å². The first-order chi connectivity index (χ1) is 9.58. The molecule has 1 aromatic carbocycles. The molecule has 0 aromatic heterocycles. The molecular weight excluding hydrogens is 254 g/mol. The first-order valence-electron chi connectivity index (χ1n) is 6.94. The quantitative estimate of drug-likeness (QED) is 0.839. The predicted octanol–water partition coefficient (Wildman–Crippen LogP) is 2.94. The van der Waals surface area contributed by atoms with Crippen molar-refractivity contribution in [2.24, 2.45) is 5.92 Å². The highest BCUT2D eigenvalue weighted by molar-refractivity contribution is 6.34. The lowest BCUT2D eigenvalue weighted by atomic mass is 10.0. The Labute approximate surface area is 118 Å². The second-order valence-corrected chi connectivity index (χ2v) is 5.01. The van der Waals surface area contributed by atoms with Gasteiger partial charge in [-0.3, -0.25) is 4.79 Å². The zero-order chi connectivity index (χ0) is 14.7. The number of carboxylic acids is 1. The number of fused-ring (bicyclic) bond motifs is 1. The number of carbonyl (C=O) groups is 2. The normalized spacial score (nSPS) is 16.1. The third-order valence-corrected chi connectivity index (χ3v) is 3.82. The molecule has 0 fully saturated rings. The van der Waals surface area contributed by atoms with Gasteiger partial charge >= 0.3 is 5.97 Å². The van der Waals surface area contributed by atoms with Crippen LogP contribution in [-0.4, -0.2) is 23.5 Å². The zero-order valence-corrected chi connectivity index (χ0v) is 11.8. The topological polar surface area (TPSA) is 57.6 Å². The van der Waals surface area contributed by atoms with E-state index in [9.17, 15) is 9.59 Å². The average Bonchev–Trinajstić information content (AvgIpc) is 2.69. The van der Waals surface area contributed by atoms with Crippen molar-refractivity contribution in [3.63, 3.8) is 0 Å². The molecule has 0 radical (unpaired) electrons. The van der Waals surface area contributed by atoms with Crippen LogP contribution < -0.4 is 4.90 Å².